The summed E-state index contributed by atoms with van der Waals surface area (Å²) in [5.74, 6) is 0.855. The summed E-state index contributed by atoms with van der Waals surface area (Å²) in [6, 6.07) is 3.39. The quantitative estimate of drug-likeness (QED) is 0.253. The molecule has 0 aliphatic carbocycles. The molecule has 10 heteroatoms. The maximum absolute atomic E-state index is 12.2. The summed E-state index contributed by atoms with van der Waals surface area (Å²) in [6.45, 7) is 9.01. The van der Waals surface area contributed by atoms with Gasteiger partial charge in [0, 0.05) is 26.2 Å². The van der Waals surface area contributed by atoms with E-state index in [1.807, 2.05) is 20.8 Å². The third-order valence-electron chi connectivity index (χ3n) is 3.69. The van der Waals surface area contributed by atoms with Crippen LogP contribution in [0.5, 0.6) is 0 Å². The summed E-state index contributed by atoms with van der Waals surface area (Å²) in [6.07, 6.45) is 1.50. The zero-order chi connectivity index (χ0) is 18.9. The van der Waals surface area contributed by atoms with Gasteiger partial charge in [-0.3, -0.25) is 0 Å². The van der Waals surface area contributed by atoms with Crippen LogP contribution in [0, 0.1) is 0 Å². The van der Waals surface area contributed by atoms with Crippen LogP contribution in [0.4, 0.5) is 0 Å². The minimum atomic E-state index is -3.29. The van der Waals surface area contributed by atoms with E-state index >= 15 is 0 Å². The van der Waals surface area contributed by atoms with Crippen LogP contribution < -0.4 is 10.6 Å². The molecule has 0 aromatic carbocycles. The van der Waals surface area contributed by atoms with E-state index in [0.717, 1.165) is 0 Å². The van der Waals surface area contributed by atoms with Gasteiger partial charge in [-0.1, -0.05) is 13.8 Å². The Balaban J connectivity index is 0.00000625. The van der Waals surface area contributed by atoms with Crippen molar-refractivity contribution in [3.63, 3.8) is 0 Å². The van der Waals surface area contributed by atoms with Gasteiger partial charge in [0.15, 0.2) is 5.96 Å². The number of nitrogens with one attached hydrogen (secondary N) is 2. The van der Waals surface area contributed by atoms with Crippen LogP contribution in [-0.4, -0.2) is 62.3 Å². The SMILES string of the molecule is CCNC(=NCC(C)(O)c1ccco1)NCCS(=O)(=O)N(CC)CC.I. The highest BCUT2D eigenvalue weighted by molar-refractivity contribution is 14.0. The molecule has 152 valence electrons. The number of aliphatic imine (C=N–C) groups is 1. The van der Waals surface area contributed by atoms with Gasteiger partial charge in [-0.25, -0.2) is 17.7 Å². The molecule has 1 aromatic heterocycles. The number of guanidine groups is 1. The van der Waals surface area contributed by atoms with Crippen molar-refractivity contribution in [2.45, 2.75) is 33.3 Å². The fourth-order valence-corrected chi connectivity index (χ4v) is 3.69. The minimum Gasteiger partial charge on any atom is -0.466 e. The van der Waals surface area contributed by atoms with Crippen molar-refractivity contribution in [1.29, 1.82) is 0 Å². The molecule has 0 spiro atoms. The Morgan fingerprint density at radius 1 is 1.31 bits per heavy atom. The molecule has 1 rings (SSSR count). The standard InChI is InChI=1S/C16H30N4O4S.HI/c1-5-17-15(18-10-12-25(22,23)20(6-2)7-3)19-13-16(4,21)14-9-8-11-24-14;/h8-9,11,21H,5-7,10,12-13H2,1-4H3,(H2,17,18,19);1H. The summed E-state index contributed by atoms with van der Waals surface area (Å²) in [5, 5.41) is 16.4. The maximum atomic E-state index is 12.2. The summed E-state index contributed by atoms with van der Waals surface area (Å²) < 4.78 is 31.0. The van der Waals surface area contributed by atoms with Crippen LogP contribution in [0.2, 0.25) is 0 Å². The second kappa shape index (κ2) is 11.8. The lowest BCUT2D eigenvalue weighted by atomic mass is 10.0. The third kappa shape index (κ3) is 7.80. The Morgan fingerprint density at radius 3 is 2.46 bits per heavy atom. The van der Waals surface area contributed by atoms with Gasteiger partial charge in [0.05, 0.1) is 18.6 Å². The number of sulfonamides is 1. The fraction of sp³-hybridized carbons (Fsp3) is 0.688. The zero-order valence-electron chi connectivity index (χ0n) is 15.9. The highest BCUT2D eigenvalue weighted by atomic mass is 127. The van der Waals surface area contributed by atoms with Crippen LogP contribution in [0.3, 0.4) is 0 Å². The monoisotopic (exact) mass is 502 g/mol. The van der Waals surface area contributed by atoms with Crippen molar-refractivity contribution in [2.75, 3.05) is 38.5 Å². The van der Waals surface area contributed by atoms with Gasteiger partial charge >= 0.3 is 0 Å². The molecule has 0 aliphatic heterocycles. The molecule has 0 fully saturated rings. The molecule has 1 atom stereocenters. The first-order valence-electron chi connectivity index (χ1n) is 8.53. The summed E-state index contributed by atoms with van der Waals surface area (Å²) >= 11 is 0. The lowest BCUT2D eigenvalue weighted by Gasteiger charge is -2.20. The number of nitrogens with zero attached hydrogens (tertiary/aromatic N) is 2. The van der Waals surface area contributed by atoms with Crippen LogP contribution >= 0.6 is 24.0 Å². The number of hydrogen-bond donors (Lipinski definition) is 3. The van der Waals surface area contributed by atoms with Crippen molar-refractivity contribution in [3.05, 3.63) is 24.2 Å². The van der Waals surface area contributed by atoms with E-state index in [1.165, 1.54) is 10.6 Å². The van der Waals surface area contributed by atoms with Crippen molar-refractivity contribution >= 4 is 40.0 Å². The van der Waals surface area contributed by atoms with Gasteiger partial charge in [-0.2, -0.15) is 0 Å². The lowest BCUT2D eigenvalue weighted by molar-refractivity contribution is 0.0437. The van der Waals surface area contributed by atoms with Crippen LogP contribution in [0.15, 0.2) is 27.8 Å². The Hall–Kier alpha value is -0.850. The number of halogens is 1. The van der Waals surface area contributed by atoms with Gasteiger partial charge in [0.2, 0.25) is 10.0 Å². The van der Waals surface area contributed by atoms with E-state index in [9.17, 15) is 13.5 Å². The van der Waals surface area contributed by atoms with E-state index in [1.54, 1.807) is 19.1 Å². The molecule has 0 saturated carbocycles. The first-order chi connectivity index (χ1) is 11.8. The molecule has 1 unspecified atom stereocenters. The maximum Gasteiger partial charge on any atom is 0.215 e. The van der Waals surface area contributed by atoms with Crippen LogP contribution in [0.25, 0.3) is 0 Å². The predicted molar refractivity (Wildman–Crippen MR) is 114 cm³/mol. The van der Waals surface area contributed by atoms with Crippen molar-refractivity contribution < 1.29 is 17.9 Å². The molecule has 3 N–H and O–H groups in total. The second-order valence-corrected chi connectivity index (χ2v) is 7.86. The normalized spacial score (nSPS) is 14.6. The van der Waals surface area contributed by atoms with E-state index in [0.29, 0.717) is 31.4 Å². The predicted octanol–water partition coefficient (Wildman–Crippen LogP) is 1.33. The van der Waals surface area contributed by atoms with E-state index in [2.05, 4.69) is 15.6 Å². The van der Waals surface area contributed by atoms with Crippen molar-refractivity contribution in [2.24, 2.45) is 4.99 Å². The van der Waals surface area contributed by atoms with Gasteiger partial charge in [0.25, 0.3) is 0 Å². The topological polar surface area (TPSA) is 107 Å². The zero-order valence-corrected chi connectivity index (χ0v) is 19.0. The summed E-state index contributed by atoms with van der Waals surface area (Å²) in [5.41, 5.74) is -1.24. The van der Waals surface area contributed by atoms with Crippen LogP contribution in [0.1, 0.15) is 33.5 Å². The number of aliphatic hydroxyl groups is 1. The molecule has 26 heavy (non-hydrogen) atoms. The van der Waals surface area contributed by atoms with E-state index in [4.69, 9.17) is 4.42 Å². The Labute approximate surface area is 173 Å². The molecule has 0 radical (unpaired) electrons. The van der Waals surface area contributed by atoms with Gasteiger partial charge in [0.1, 0.15) is 11.4 Å². The van der Waals surface area contributed by atoms with Gasteiger partial charge in [-0.05, 0) is 26.0 Å². The second-order valence-electron chi connectivity index (χ2n) is 5.77. The minimum absolute atomic E-state index is 0. The molecule has 1 heterocycles. The molecular formula is C16H31IN4O4S. The average molecular weight is 502 g/mol. The number of rotatable bonds is 10. The van der Waals surface area contributed by atoms with E-state index in [-0.39, 0.29) is 42.8 Å². The smallest absolute Gasteiger partial charge is 0.215 e. The number of furan rings is 1. The highest BCUT2D eigenvalue weighted by Crippen LogP contribution is 2.20. The molecule has 0 saturated heterocycles. The first kappa shape index (κ1) is 25.1. The van der Waals surface area contributed by atoms with Crippen molar-refractivity contribution in [1.82, 2.24) is 14.9 Å². The molecular weight excluding hydrogens is 471 g/mol. The highest BCUT2D eigenvalue weighted by Gasteiger charge is 2.26. The molecule has 0 bridgehead atoms. The van der Waals surface area contributed by atoms with Crippen molar-refractivity contribution in [3.8, 4) is 0 Å². The van der Waals surface area contributed by atoms with Gasteiger partial charge in [-0.15, -0.1) is 24.0 Å². The number of hydrogen-bond acceptors (Lipinski definition) is 5. The Kier molecular flexibility index (Phi) is 11.4. The lowest BCUT2D eigenvalue weighted by Crippen LogP contribution is -2.42. The molecule has 1 aromatic rings. The molecule has 0 amide bonds. The largest absolute Gasteiger partial charge is 0.466 e. The van der Waals surface area contributed by atoms with Crippen LogP contribution in [-0.2, 0) is 15.6 Å². The Bertz CT molecular complexity index is 629. The third-order valence-corrected chi connectivity index (χ3v) is 5.72. The van der Waals surface area contributed by atoms with E-state index < -0.39 is 15.6 Å². The summed E-state index contributed by atoms with van der Waals surface area (Å²) in [7, 11) is -3.29. The first-order valence-corrected chi connectivity index (χ1v) is 10.1. The molecule has 0 aliphatic rings. The fourth-order valence-electron chi connectivity index (χ4n) is 2.28. The Morgan fingerprint density at radius 2 is 1.96 bits per heavy atom. The molecule has 8 nitrogen and oxygen atoms in total. The summed E-state index contributed by atoms with van der Waals surface area (Å²) in [4.78, 5) is 4.32. The van der Waals surface area contributed by atoms with Gasteiger partial charge < -0.3 is 20.2 Å². The average Bonchev–Trinajstić information content (AvgIpc) is 3.08.